The fraction of sp³-hybridized carbons (Fsp3) is 0. The van der Waals surface area contributed by atoms with Crippen molar-refractivity contribution in [2.75, 3.05) is 0 Å². The Morgan fingerprint density at radius 3 is 2.04 bits per heavy atom. The van der Waals surface area contributed by atoms with Crippen molar-refractivity contribution in [1.82, 2.24) is 0 Å². The number of aromatic carboxylic acids is 2. The normalized spacial score (nSPS) is 11.3. The Bertz CT molecular complexity index is 1150. The first-order chi connectivity index (χ1) is 12.7. The Morgan fingerprint density at radius 1 is 0.852 bits per heavy atom. The van der Waals surface area contributed by atoms with E-state index in [1.54, 1.807) is 0 Å². The Balaban J connectivity index is 2.24. The number of carboxylic acid groups (broad SMARTS) is 2. The van der Waals surface area contributed by atoms with Gasteiger partial charge in [-0.2, -0.15) is 8.42 Å². The summed E-state index contributed by atoms with van der Waals surface area (Å²) < 4.78 is 30.5. The van der Waals surface area contributed by atoms with Crippen molar-refractivity contribution in [2.24, 2.45) is 0 Å². The van der Waals surface area contributed by atoms with E-state index in [0.717, 1.165) is 12.1 Å². The summed E-state index contributed by atoms with van der Waals surface area (Å²) in [4.78, 5) is 22.6. The van der Waals surface area contributed by atoms with Gasteiger partial charge >= 0.3 is 22.1 Å². The quantitative estimate of drug-likeness (QED) is 0.620. The topological polar surface area (TPSA) is 118 Å². The lowest BCUT2D eigenvalue weighted by atomic mass is 9.99. The second-order valence-electron chi connectivity index (χ2n) is 5.44. The van der Waals surface area contributed by atoms with Crippen LogP contribution in [-0.4, -0.2) is 30.6 Å². The third-order valence-corrected chi connectivity index (χ3v) is 5.31. The maximum Gasteiger partial charge on any atom is 0.339 e. The number of halogens is 1. The molecule has 3 aromatic carbocycles. The van der Waals surface area contributed by atoms with Crippen LogP contribution in [0.25, 0.3) is 10.8 Å². The maximum absolute atomic E-state index is 12.7. The second-order valence-corrected chi connectivity index (χ2v) is 7.39. The van der Waals surface area contributed by atoms with Gasteiger partial charge in [-0.15, -0.1) is 0 Å². The van der Waals surface area contributed by atoms with Gasteiger partial charge in [0.25, 0.3) is 0 Å². The minimum atomic E-state index is -4.37. The molecule has 0 bridgehead atoms. The predicted molar refractivity (Wildman–Crippen MR) is 97.1 cm³/mol. The van der Waals surface area contributed by atoms with Gasteiger partial charge < -0.3 is 14.4 Å². The average Bonchev–Trinajstić information content (AvgIpc) is 2.61. The lowest BCUT2D eigenvalue weighted by molar-refractivity contribution is 0.0695. The third-order valence-electron chi connectivity index (χ3n) is 3.75. The molecule has 0 amide bonds. The molecule has 0 fully saturated rings. The zero-order valence-corrected chi connectivity index (χ0v) is 15.0. The van der Waals surface area contributed by atoms with Crippen LogP contribution in [0.15, 0.2) is 59.5 Å². The van der Waals surface area contributed by atoms with Crippen LogP contribution < -0.4 is 4.18 Å². The number of carbonyl (C=O) groups is 2. The van der Waals surface area contributed by atoms with Crippen LogP contribution in [0.1, 0.15) is 20.7 Å². The van der Waals surface area contributed by atoms with Crippen LogP contribution in [-0.2, 0) is 10.1 Å². The standard InChI is InChI=1S/C18H11ClO7S/c19-10-4-6-11(7-5-10)26-27(24,25)15-9-8-14(18(22)23)16-12(15)2-1-3-13(16)17(20)21/h1-9H,(H,20,21)(H,22,23). The van der Waals surface area contributed by atoms with Crippen molar-refractivity contribution in [1.29, 1.82) is 0 Å². The molecule has 0 aromatic heterocycles. The Hall–Kier alpha value is -3.10. The Morgan fingerprint density at radius 2 is 1.44 bits per heavy atom. The van der Waals surface area contributed by atoms with Gasteiger partial charge in [0.1, 0.15) is 10.6 Å². The minimum absolute atomic E-state index is 0.00394. The van der Waals surface area contributed by atoms with Gasteiger partial charge in [-0.25, -0.2) is 9.59 Å². The fourth-order valence-electron chi connectivity index (χ4n) is 2.62. The van der Waals surface area contributed by atoms with Crippen molar-refractivity contribution in [3.05, 3.63) is 70.7 Å². The van der Waals surface area contributed by atoms with Crippen molar-refractivity contribution in [3.8, 4) is 5.75 Å². The van der Waals surface area contributed by atoms with E-state index in [1.165, 1.54) is 42.5 Å². The highest BCUT2D eigenvalue weighted by Gasteiger charge is 2.25. The van der Waals surface area contributed by atoms with Crippen molar-refractivity contribution >= 4 is 44.4 Å². The number of rotatable bonds is 5. The molecule has 27 heavy (non-hydrogen) atoms. The summed E-state index contributed by atoms with van der Waals surface area (Å²) in [6.07, 6.45) is 0. The molecule has 0 saturated heterocycles. The molecule has 3 rings (SSSR count). The summed E-state index contributed by atoms with van der Waals surface area (Å²) in [5.41, 5.74) is -0.651. The van der Waals surface area contributed by atoms with E-state index in [2.05, 4.69) is 0 Å². The molecular formula is C18H11ClO7S. The molecule has 0 saturated carbocycles. The van der Waals surface area contributed by atoms with Gasteiger partial charge in [0.15, 0.2) is 0 Å². The molecule has 0 atom stereocenters. The molecular weight excluding hydrogens is 396 g/mol. The fourth-order valence-corrected chi connectivity index (χ4v) is 3.87. The van der Waals surface area contributed by atoms with Crippen molar-refractivity contribution in [3.63, 3.8) is 0 Å². The molecule has 0 unspecified atom stereocenters. The number of hydrogen-bond acceptors (Lipinski definition) is 5. The molecule has 0 aliphatic carbocycles. The molecule has 0 radical (unpaired) electrons. The molecule has 3 aromatic rings. The highest BCUT2D eigenvalue weighted by Crippen LogP contribution is 2.31. The number of carboxylic acids is 2. The van der Waals surface area contributed by atoms with Gasteiger partial charge in [-0.1, -0.05) is 23.7 Å². The molecule has 0 aliphatic heterocycles. The summed E-state index contributed by atoms with van der Waals surface area (Å²) in [6.45, 7) is 0. The second kappa shape index (κ2) is 6.90. The van der Waals surface area contributed by atoms with Crippen LogP contribution in [0, 0.1) is 0 Å². The first kappa shape index (κ1) is 18.7. The number of fused-ring (bicyclic) bond motifs is 1. The van der Waals surface area contributed by atoms with Gasteiger partial charge in [0.2, 0.25) is 0 Å². The summed E-state index contributed by atoms with van der Waals surface area (Å²) >= 11 is 5.76. The molecule has 0 aliphatic rings. The summed E-state index contributed by atoms with van der Waals surface area (Å²) in [7, 11) is -4.37. The SMILES string of the molecule is O=C(O)c1cccc2c(S(=O)(=O)Oc3ccc(Cl)cc3)ccc(C(=O)O)c12. The summed E-state index contributed by atoms with van der Waals surface area (Å²) in [5.74, 6) is -2.75. The highest BCUT2D eigenvalue weighted by atomic mass is 35.5. The first-order valence-corrected chi connectivity index (χ1v) is 9.21. The zero-order chi connectivity index (χ0) is 19.8. The monoisotopic (exact) mass is 406 g/mol. The van der Waals surface area contributed by atoms with Gasteiger partial charge in [0.05, 0.1) is 11.1 Å². The number of benzene rings is 3. The largest absolute Gasteiger partial charge is 0.478 e. The van der Waals surface area contributed by atoms with E-state index in [9.17, 15) is 28.2 Å². The van der Waals surface area contributed by atoms with Gasteiger partial charge in [-0.05, 0) is 42.5 Å². The van der Waals surface area contributed by atoms with Gasteiger partial charge in [0, 0.05) is 15.8 Å². The van der Waals surface area contributed by atoms with Crippen molar-refractivity contribution < 1.29 is 32.4 Å². The van der Waals surface area contributed by atoms with E-state index >= 15 is 0 Å². The lowest BCUT2D eigenvalue weighted by Crippen LogP contribution is -2.12. The Kier molecular flexibility index (Phi) is 4.77. The van der Waals surface area contributed by atoms with Crippen LogP contribution in [0.4, 0.5) is 0 Å². The van der Waals surface area contributed by atoms with E-state index in [4.69, 9.17) is 15.8 Å². The summed E-state index contributed by atoms with van der Waals surface area (Å²) in [5, 5.41) is 18.8. The molecule has 7 nitrogen and oxygen atoms in total. The average molecular weight is 407 g/mol. The number of hydrogen-bond donors (Lipinski definition) is 2. The highest BCUT2D eigenvalue weighted by molar-refractivity contribution is 7.87. The molecule has 138 valence electrons. The molecule has 0 heterocycles. The van der Waals surface area contributed by atoms with Crippen molar-refractivity contribution in [2.45, 2.75) is 4.90 Å². The Labute approximate surface area is 158 Å². The maximum atomic E-state index is 12.7. The van der Waals surface area contributed by atoms with E-state index in [0.29, 0.717) is 5.02 Å². The molecule has 2 N–H and O–H groups in total. The molecule has 9 heteroatoms. The minimum Gasteiger partial charge on any atom is -0.478 e. The lowest BCUT2D eigenvalue weighted by Gasteiger charge is -2.12. The zero-order valence-electron chi connectivity index (χ0n) is 13.4. The van der Waals surface area contributed by atoms with Gasteiger partial charge in [-0.3, -0.25) is 0 Å². The third kappa shape index (κ3) is 3.57. The smallest absolute Gasteiger partial charge is 0.339 e. The van der Waals surface area contributed by atoms with Crippen LogP contribution >= 0.6 is 11.6 Å². The van der Waals surface area contributed by atoms with E-state index in [-0.39, 0.29) is 32.5 Å². The molecule has 0 spiro atoms. The summed E-state index contributed by atoms with van der Waals surface area (Å²) in [6, 6.07) is 11.6. The predicted octanol–water partition coefficient (Wildman–Crippen LogP) is 3.66. The first-order valence-electron chi connectivity index (χ1n) is 7.43. The van der Waals surface area contributed by atoms with E-state index < -0.39 is 22.1 Å². The van der Waals surface area contributed by atoms with Crippen LogP contribution in [0.2, 0.25) is 5.02 Å². The van der Waals surface area contributed by atoms with Crippen LogP contribution in [0.5, 0.6) is 5.75 Å². The van der Waals surface area contributed by atoms with Crippen LogP contribution in [0.3, 0.4) is 0 Å². The van der Waals surface area contributed by atoms with E-state index in [1.807, 2.05) is 0 Å².